The van der Waals surface area contributed by atoms with E-state index in [1.54, 1.807) is 6.08 Å². The molecule has 0 unspecified atom stereocenters. The molecule has 15 heavy (non-hydrogen) atoms. The molecule has 0 radical (unpaired) electrons. The zero-order valence-electron chi connectivity index (χ0n) is 8.58. The minimum atomic E-state index is -0.282. The zero-order valence-corrected chi connectivity index (χ0v) is 8.58. The molecule has 0 spiro atoms. The van der Waals surface area contributed by atoms with Crippen LogP contribution in [0.15, 0.2) is 34.9 Å². The molecule has 3 nitrogen and oxygen atoms in total. The van der Waals surface area contributed by atoms with E-state index < -0.39 is 0 Å². The molecule has 0 aromatic heterocycles. The Kier molecular flexibility index (Phi) is 2.54. The first-order chi connectivity index (χ1) is 7.24. The first-order valence-electron chi connectivity index (χ1n) is 5.03. The summed E-state index contributed by atoms with van der Waals surface area (Å²) in [6.07, 6.45) is 6.46. The molecule has 0 aromatic carbocycles. The Balaban J connectivity index is 2.42. The second-order valence-electron chi connectivity index (χ2n) is 3.52. The predicted octanol–water partition coefficient (Wildman–Crippen LogP) is 1.71. The molecule has 1 heterocycles. The second-order valence-corrected chi connectivity index (χ2v) is 3.52. The number of hydrogen-bond donors (Lipinski definition) is 0. The number of allylic oxidation sites excluding steroid dienone is 3. The Morgan fingerprint density at radius 1 is 1.40 bits per heavy atom. The summed E-state index contributed by atoms with van der Waals surface area (Å²) in [5, 5.41) is 0. The highest BCUT2D eigenvalue weighted by molar-refractivity contribution is 6.05. The van der Waals surface area contributed by atoms with Crippen LogP contribution < -0.4 is 0 Å². The number of carbonyl (C=O) groups excluding carboxylic acids is 2. The molecule has 78 valence electrons. The molecule has 0 bridgehead atoms. The van der Waals surface area contributed by atoms with Crippen molar-refractivity contribution in [2.75, 3.05) is 6.61 Å². The van der Waals surface area contributed by atoms with Crippen LogP contribution in [0.4, 0.5) is 0 Å². The van der Waals surface area contributed by atoms with Gasteiger partial charge in [-0.15, -0.1) is 0 Å². The molecule has 0 saturated heterocycles. The van der Waals surface area contributed by atoms with E-state index in [1.807, 2.05) is 19.1 Å². The van der Waals surface area contributed by atoms with Gasteiger partial charge in [-0.25, -0.2) is 4.79 Å². The molecule has 1 aliphatic heterocycles. The van der Waals surface area contributed by atoms with Crippen molar-refractivity contribution in [2.45, 2.75) is 19.8 Å². The lowest BCUT2D eigenvalue weighted by atomic mass is 9.93. The lowest BCUT2D eigenvalue weighted by molar-refractivity contribution is -0.136. The average molecular weight is 204 g/mol. The summed E-state index contributed by atoms with van der Waals surface area (Å²) in [6.45, 7) is 2.14. The molecular formula is C12H12O3. The standard InChI is InChI=1S/C12H12O3/c1-2-8-10(7-15-12(8)14)9-5-3-4-6-11(9)13/h3-5H,2,6-7H2,1H3. The van der Waals surface area contributed by atoms with Gasteiger partial charge in [0.15, 0.2) is 5.78 Å². The topological polar surface area (TPSA) is 43.4 Å². The third-order valence-corrected chi connectivity index (χ3v) is 2.64. The summed E-state index contributed by atoms with van der Waals surface area (Å²) in [4.78, 5) is 23.0. The van der Waals surface area contributed by atoms with E-state index in [1.165, 1.54) is 0 Å². The molecule has 2 aliphatic rings. The smallest absolute Gasteiger partial charge is 0.334 e. The van der Waals surface area contributed by atoms with E-state index in [0.717, 1.165) is 5.57 Å². The summed E-state index contributed by atoms with van der Waals surface area (Å²) in [5.74, 6) is -0.215. The van der Waals surface area contributed by atoms with Gasteiger partial charge in [0, 0.05) is 23.1 Å². The third-order valence-electron chi connectivity index (χ3n) is 2.64. The average Bonchev–Trinajstić information content (AvgIpc) is 2.60. The van der Waals surface area contributed by atoms with E-state index in [9.17, 15) is 9.59 Å². The zero-order chi connectivity index (χ0) is 10.8. The van der Waals surface area contributed by atoms with Crippen molar-refractivity contribution in [2.24, 2.45) is 0 Å². The highest BCUT2D eigenvalue weighted by Gasteiger charge is 2.28. The van der Waals surface area contributed by atoms with E-state index in [0.29, 0.717) is 24.0 Å². The molecule has 0 aromatic rings. The van der Waals surface area contributed by atoms with Crippen LogP contribution in [-0.2, 0) is 14.3 Å². The molecule has 1 aliphatic carbocycles. The van der Waals surface area contributed by atoms with Crippen LogP contribution in [0.3, 0.4) is 0 Å². The summed E-state index contributed by atoms with van der Waals surface area (Å²) in [6, 6.07) is 0. The van der Waals surface area contributed by atoms with Gasteiger partial charge in [-0.2, -0.15) is 0 Å². The first kappa shape index (κ1) is 9.90. The summed E-state index contributed by atoms with van der Waals surface area (Å²) in [7, 11) is 0. The fraction of sp³-hybridized carbons (Fsp3) is 0.333. The molecule has 0 amide bonds. The number of cyclic esters (lactones) is 1. The van der Waals surface area contributed by atoms with Crippen LogP contribution in [0, 0.1) is 0 Å². The maximum Gasteiger partial charge on any atom is 0.334 e. The van der Waals surface area contributed by atoms with E-state index in [4.69, 9.17) is 4.74 Å². The van der Waals surface area contributed by atoms with E-state index >= 15 is 0 Å². The van der Waals surface area contributed by atoms with Crippen molar-refractivity contribution in [3.63, 3.8) is 0 Å². The molecule has 0 fully saturated rings. The van der Waals surface area contributed by atoms with E-state index in [-0.39, 0.29) is 18.4 Å². The fourth-order valence-electron chi connectivity index (χ4n) is 1.84. The number of Topliss-reactive ketones (excluding diaryl/α,β-unsaturated/α-hetero) is 1. The molecular weight excluding hydrogens is 192 g/mol. The lowest BCUT2D eigenvalue weighted by Gasteiger charge is -2.08. The van der Waals surface area contributed by atoms with Crippen molar-refractivity contribution in [3.05, 3.63) is 34.9 Å². The highest BCUT2D eigenvalue weighted by atomic mass is 16.5. The van der Waals surface area contributed by atoms with Crippen molar-refractivity contribution in [1.82, 2.24) is 0 Å². The number of hydrogen-bond acceptors (Lipinski definition) is 3. The van der Waals surface area contributed by atoms with Crippen molar-refractivity contribution >= 4 is 11.8 Å². The molecule has 3 heteroatoms. The van der Waals surface area contributed by atoms with Crippen LogP contribution in [0.5, 0.6) is 0 Å². The van der Waals surface area contributed by atoms with Crippen LogP contribution in [-0.4, -0.2) is 18.4 Å². The van der Waals surface area contributed by atoms with Gasteiger partial charge in [-0.1, -0.05) is 25.2 Å². The molecule has 0 N–H and O–H groups in total. The number of carbonyl (C=O) groups is 2. The monoisotopic (exact) mass is 204 g/mol. The lowest BCUT2D eigenvalue weighted by Crippen LogP contribution is -2.08. The Labute approximate surface area is 88.1 Å². The normalized spacial score (nSPS) is 20.7. The third kappa shape index (κ3) is 1.65. The van der Waals surface area contributed by atoms with Gasteiger partial charge in [-0.3, -0.25) is 4.79 Å². The molecule has 0 saturated carbocycles. The van der Waals surface area contributed by atoms with Crippen molar-refractivity contribution in [1.29, 1.82) is 0 Å². The Hall–Kier alpha value is -1.64. The number of ether oxygens (including phenoxy) is 1. The van der Waals surface area contributed by atoms with Crippen LogP contribution >= 0.6 is 0 Å². The second kappa shape index (κ2) is 3.85. The van der Waals surface area contributed by atoms with Gasteiger partial charge in [0.2, 0.25) is 0 Å². The van der Waals surface area contributed by atoms with Crippen LogP contribution in [0.1, 0.15) is 19.8 Å². The highest BCUT2D eigenvalue weighted by Crippen LogP contribution is 2.27. The Morgan fingerprint density at radius 2 is 2.20 bits per heavy atom. The van der Waals surface area contributed by atoms with Gasteiger partial charge in [-0.05, 0) is 6.42 Å². The maximum absolute atomic E-state index is 11.6. The first-order valence-corrected chi connectivity index (χ1v) is 5.03. The number of rotatable bonds is 2. The molecule has 2 rings (SSSR count). The van der Waals surface area contributed by atoms with E-state index in [2.05, 4.69) is 0 Å². The van der Waals surface area contributed by atoms with Gasteiger partial charge in [0.05, 0.1) is 0 Å². The van der Waals surface area contributed by atoms with Crippen LogP contribution in [0.2, 0.25) is 0 Å². The van der Waals surface area contributed by atoms with Gasteiger partial charge in [0.1, 0.15) is 6.61 Å². The summed E-state index contributed by atoms with van der Waals surface area (Å²) >= 11 is 0. The predicted molar refractivity (Wildman–Crippen MR) is 55.1 cm³/mol. The van der Waals surface area contributed by atoms with Gasteiger partial charge in [0.25, 0.3) is 0 Å². The minimum absolute atomic E-state index is 0.0664. The van der Waals surface area contributed by atoms with Gasteiger partial charge >= 0.3 is 5.97 Å². The largest absolute Gasteiger partial charge is 0.457 e. The SMILES string of the molecule is CCC1=C(C2=CC=CCC2=O)COC1=O. The molecule has 0 atom stereocenters. The van der Waals surface area contributed by atoms with Gasteiger partial charge < -0.3 is 4.74 Å². The van der Waals surface area contributed by atoms with Crippen molar-refractivity contribution < 1.29 is 14.3 Å². The maximum atomic E-state index is 11.6. The Morgan fingerprint density at radius 3 is 2.87 bits per heavy atom. The van der Waals surface area contributed by atoms with Crippen molar-refractivity contribution in [3.8, 4) is 0 Å². The number of ketones is 1. The van der Waals surface area contributed by atoms with Crippen LogP contribution in [0.25, 0.3) is 0 Å². The summed E-state index contributed by atoms with van der Waals surface area (Å²) < 4.78 is 4.94. The number of esters is 1. The summed E-state index contributed by atoms with van der Waals surface area (Å²) in [5.41, 5.74) is 2.06. The quantitative estimate of drug-likeness (QED) is 0.643. The minimum Gasteiger partial charge on any atom is -0.457 e. The Bertz CT molecular complexity index is 411. The fourth-order valence-corrected chi connectivity index (χ4v) is 1.84.